The van der Waals surface area contributed by atoms with Crippen LogP contribution in [0, 0.1) is 0 Å². The van der Waals surface area contributed by atoms with E-state index in [-0.39, 0.29) is 44.4 Å². The maximum absolute atomic E-state index is 12.2. The number of phenolic OH excluding ortho intramolecular Hbond substituents is 2. The van der Waals surface area contributed by atoms with E-state index in [1.807, 2.05) is 0 Å². The van der Waals surface area contributed by atoms with Gasteiger partial charge in [-0.05, 0) is 25.1 Å². The third kappa shape index (κ3) is 7.66. The molecule has 11 N–H and O–H groups in total. The molecule has 0 spiro atoms. The van der Waals surface area contributed by atoms with Crippen LogP contribution in [-0.4, -0.2) is 168 Å². The Kier molecular flexibility index (Phi) is 11.5. The molecule has 2 aromatic heterocycles. The zero-order chi connectivity index (χ0) is 41.0. The molecule has 3 aliphatic heterocycles. The highest BCUT2D eigenvalue weighted by Gasteiger charge is 2.50. The fourth-order valence-corrected chi connectivity index (χ4v) is 6.79. The summed E-state index contributed by atoms with van der Waals surface area (Å²) in [5.74, 6) is -3.59. The van der Waals surface area contributed by atoms with E-state index >= 15 is 0 Å². The van der Waals surface area contributed by atoms with Gasteiger partial charge in [-0.15, -0.1) is 0 Å². The number of carbonyl (C=O) groups is 1. The van der Waals surface area contributed by atoms with Crippen LogP contribution in [0.2, 0.25) is 0 Å². The first-order valence-corrected chi connectivity index (χ1v) is 17.6. The third-order valence-electron chi connectivity index (χ3n) is 10.0. The fourth-order valence-electron chi connectivity index (χ4n) is 6.79. The van der Waals surface area contributed by atoms with Crippen LogP contribution in [-0.2, 0) is 23.7 Å². The Morgan fingerprint density at radius 2 is 1.49 bits per heavy atom. The van der Waals surface area contributed by atoms with E-state index in [9.17, 15) is 61.0 Å². The minimum Gasteiger partial charge on any atom is -0.504 e. The van der Waals surface area contributed by atoms with E-state index in [1.165, 1.54) is 32.2 Å². The summed E-state index contributed by atoms with van der Waals surface area (Å²) >= 11 is 0. The number of aromatic hydroxyl groups is 2. The Hall–Kier alpha value is -4.46. The van der Waals surface area contributed by atoms with E-state index in [0.717, 1.165) is 18.2 Å². The van der Waals surface area contributed by atoms with Crippen LogP contribution in [0.5, 0.6) is 17.2 Å². The summed E-state index contributed by atoms with van der Waals surface area (Å²) in [6.07, 6.45) is -23.2. The van der Waals surface area contributed by atoms with Gasteiger partial charge in [-0.25, -0.2) is 4.79 Å². The second-order valence-electron chi connectivity index (χ2n) is 13.8. The van der Waals surface area contributed by atoms with Crippen molar-refractivity contribution >= 4 is 27.9 Å². The molecule has 0 radical (unpaired) electrons. The summed E-state index contributed by atoms with van der Waals surface area (Å²) in [6.45, 7) is 0.291. The van der Waals surface area contributed by atoms with Crippen LogP contribution in [0.4, 0.5) is 0 Å². The first-order chi connectivity index (χ1) is 27.1. The predicted octanol–water partition coefficient (Wildman–Crippen LogP) is -2.03. The third-order valence-corrected chi connectivity index (χ3v) is 10.0. The molecule has 5 heterocycles. The molecule has 310 valence electrons. The van der Waals surface area contributed by atoms with E-state index in [1.54, 1.807) is 0 Å². The number of aliphatic hydroxyl groups excluding tert-OH is 8. The molecule has 0 bridgehead atoms. The van der Waals surface area contributed by atoms with Gasteiger partial charge < -0.3 is 93.4 Å². The molecule has 2 aromatic carbocycles. The van der Waals surface area contributed by atoms with E-state index in [0.29, 0.717) is 0 Å². The van der Waals surface area contributed by atoms with Gasteiger partial charge in [0.1, 0.15) is 72.2 Å². The van der Waals surface area contributed by atoms with Gasteiger partial charge in [0.15, 0.2) is 35.6 Å². The molecule has 7 rings (SSSR count). The molecular weight excluding hydrogens is 768 g/mol. The van der Waals surface area contributed by atoms with Gasteiger partial charge in [0.2, 0.25) is 12.1 Å². The first-order valence-electron chi connectivity index (χ1n) is 17.6. The van der Waals surface area contributed by atoms with E-state index < -0.39 is 122 Å². The van der Waals surface area contributed by atoms with Crippen molar-refractivity contribution in [2.45, 2.75) is 92.9 Å². The highest BCUT2D eigenvalue weighted by molar-refractivity contribution is 6.11. The highest BCUT2D eigenvalue weighted by atomic mass is 16.8. The average molecular weight is 810 g/mol. The number of rotatable bonds is 9. The number of phenols is 2. The van der Waals surface area contributed by atoms with Crippen LogP contribution in [0.3, 0.4) is 0 Å². The molecule has 3 saturated heterocycles. The van der Waals surface area contributed by atoms with Gasteiger partial charge in [-0.1, -0.05) is 0 Å². The van der Waals surface area contributed by atoms with Crippen molar-refractivity contribution in [3.8, 4) is 28.6 Å². The first kappa shape index (κ1) is 40.7. The smallest absolute Gasteiger partial charge is 0.371 e. The normalized spacial score (nSPS) is 35.2. The number of aliphatic hydroxyl groups is 8. The van der Waals surface area contributed by atoms with Gasteiger partial charge in [0, 0.05) is 17.0 Å². The fraction of sp³-hybridized carbons (Fsp3) is 0.500. The topological polar surface area (TPSA) is 333 Å². The van der Waals surface area contributed by atoms with Gasteiger partial charge in [0.25, 0.3) is 7.11 Å². The number of ether oxygens (including phenoxy) is 6. The zero-order valence-electron chi connectivity index (χ0n) is 30.0. The molecule has 3 aliphatic rings. The van der Waals surface area contributed by atoms with Gasteiger partial charge >= 0.3 is 11.4 Å². The molecule has 14 atom stereocenters. The number of hydrogen-bond acceptors (Lipinski definition) is 19. The maximum Gasteiger partial charge on any atom is 0.371 e. The quantitative estimate of drug-likeness (QED) is 0.0642. The lowest BCUT2D eigenvalue weighted by Gasteiger charge is -2.45. The number of carboxylic acid groups (broad SMARTS) is 1. The lowest BCUT2D eigenvalue weighted by molar-refractivity contribution is -0.359. The standard InChI is InChI=1S/C36H40O21/c1-11-23(40)27(44)32(57-34-28(45)24(41)17(39)9-50-34)36(52-11)51-10-21-25(42)26(43)29(46)35(55-21)56-31-14-8-20(33(47)48)53-18-6-13(49-2)7-19(22(14)18)54-30(31)12-3-4-15(37)16(38)5-12/h3-8,11,17,21,23-29,32,34-36,39-46H,9-10H2,1-2H3,(H2-,37,38,47,48)/p+1/t11-,17+,21+,23-,24-,25+,26-,27+,28+,29+,32+,34-,35-,36+/m0/s1. The van der Waals surface area contributed by atoms with Crippen molar-refractivity contribution in [3.05, 3.63) is 52.0 Å². The number of benzene rings is 2. The van der Waals surface area contributed by atoms with Crippen LogP contribution < -0.4 is 10.2 Å². The van der Waals surface area contributed by atoms with Crippen LogP contribution in [0.15, 0.2) is 49.7 Å². The van der Waals surface area contributed by atoms with Gasteiger partial charge in [-0.2, -0.15) is 0 Å². The van der Waals surface area contributed by atoms with Gasteiger partial charge in [-0.3, -0.25) is 4.42 Å². The molecule has 0 unspecified atom stereocenters. The molecule has 0 aliphatic carbocycles. The molecule has 3 fully saturated rings. The number of hydrogen-bond donors (Lipinski definition) is 11. The highest BCUT2D eigenvalue weighted by Crippen LogP contribution is 2.45. The lowest BCUT2D eigenvalue weighted by atomic mass is 9.98. The molecule has 0 saturated carbocycles. The Morgan fingerprint density at radius 3 is 2.18 bits per heavy atom. The van der Waals surface area contributed by atoms with Crippen molar-refractivity contribution in [2.24, 2.45) is 0 Å². The predicted molar refractivity (Wildman–Crippen MR) is 186 cm³/mol. The Morgan fingerprint density at radius 1 is 0.789 bits per heavy atom. The van der Waals surface area contributed by atoms with Crippen LogP contribution in [0.1, 0.15) is 17.5 Å². The van der Waals surface area contributed by atoms with Gasteiger partial charge in [0.05, 0.1) is 36.8 Å². The van der Waals surface area contributed by atoms with Crippen molar-refractivity contribution in [1.29, 1.82) is 0 Å². The second-order valence-corrected chi connectivity index (χ2v) is 13.8. The molecule has 57 heavy (non-hydrogen) atoms. The molecule has 4 aromatic rings. The lowest BCUT2D eigenvalue weighted by Crippen LogP contribution is -2.63. The maximum atomic E-state index is 12.2. The zero-order valence-corrected chi connectivity index (χ0v) is 30.0. The number of aromatic carboxylic acids is 1. The van der Waals surface area contributed by atoms with E-state index in [4.69, 9.17) is 41.7 Å². The molecule has 21 nitrogen and oxygen atoms in total. The minimum absolute atomic E-state index is 0.0196. The summed E-state index contributed by atoms with van der Waals surface area (Å²) in [7, 11) is 1.36. The second kappa shape index (κ2) is 16.1. The van der Waals surface area contributed by atoms with Crippen molar-refractivity contribution in [2.75, 3.05) is 20.3 Å². The average Bonchev–Trinajstić information content (AvgIpc) is 3.19. The summed E-state index contributed by atoms with van der Waals surface area (Å²) in [6, 6.07) is 7.56. The Labute approximate surface area is 319 Å². The van der Waals surface area contributed by atoms with Crippen LogP contribution in [0.25, 0.3) is 33.3 Å². The SMILES string of the molecule is C[O+]=c1cc2oc(C(=O)O)cc3c(O[C@@H]4O[C@H](CO[C@@H]5O[C@@H](C)[C@H](O)[C@@H](O)[C@H]5O[C@@H]5OC[C@@H](O)[C@H](O)[C@H]5O)[C@@H](O)[C@H](O)[C@H]4O)c(-c4ccc(O)c(O)c4)oc(c1)c23. The minimum atomic E-state index is -1.98. The molecule has 0 amide bonds. The van der Waals surface area contributed by atoms with Crippen molar-refractivity contribution in [3.63, 3.8) is 0 Å². The van der Waals surface area contributed by atoms with Crippen molar-refractivity contribution < 1.29 is 98.2 Å². The number of carboxylic acids is 1. The van der Waals surface area contributed by atoms with Crippen LogP contribution >= 0.6 is 0 Å². The Bertz CT molecular complexity index is 2170. The largest absolute Gasteiger partial charge is 0.504 e. The summed E-state index contributed by atoms with van der Waals surface area (Å²) < 4.78 is 51.8. The summed E-state index contributed by atoms with van der Waals surface area (Å²) in [4.78, 5) is 12.2. The Balaban J connectivity index is 1.22. The summed E-state index contributed by atoms with van der Waals surface area (Å²) in [5.41, 5.74) is 0.351. The molecule has 21 heteroatoms. The molecular formula is C36H41O21+. The van der Waals surface area contributed by atoms with Crippen molar-refractivity contribution in [1.82, 2.24) is 0 Å². The van der Waals surface area contributed by atoms with E-state index in [2.05, 4.69) is 0 Å². The summed E-state index contributed by atoms with van der Waals surface area (Å²) in [5, 5.41) is 115. The monoisotopic (exact) mass is 809 g/mol.